The quantitative estimate of drug-likeness (QED) is 0.461. The number of nitriles is 1. The van der Waals surface area contributed by atoms with Crippen LogP contribution in [0.3, 0.4) is 0 Å². The highest BCUT2D eigenvalue weighted by Crippen LogP contribution is 2.13. The van der Waals surface area contributed by atoms with Crippen molar-refractivity contribution < 1.29 is 14.3 Å². The zero-order valence-corrected chi connectivity index (χ0v) is 11.0. The summed E-state index contributed by atoms with van der Waals surface area (Å²) in [6, 6.07) is 9.02. The third-order valence-corrected chi connectivity index (χ3v) is 2.50. The van der Waals surface area contributed by atoms with Gasteiger partial charge < -0.3 is 4.74 Å². The molecule has 19 heavy (non-hydrogen) atoms. The van der Waals surface area contributed by atoms with E-state index >= 15 is 0 Å². The van der Waals surface area contributed by atoms with Crippen molar-refractivity contribution in [2.45, 2.75) is 20.3 Å². The van der Waals surface area contributed by atoms with E-state index in [1.165, 1.54) is 0 Å². The second kappa shape index (κ2) is 7.12. The summed E-state index contributed by atoms with van der Waals surface area (Å²) >= 11 is 0. The number of hydrogen-bond donors (Lipinski definition) is 0. The number of rotatable bonds is 5. The van der Waals surface area contributed by atoms with Crippen LogP contribution in [-0.2, 0) is 14.3 Å². The molecule has 0 atom stereocenters. The van der Waals surface area contributed by atoms with Crippen molar-refractivity contribution in [3.05, 3.63) is 41.0 Å². The zero-order chi connectivity index (χ0) is 14.3. The predicted molar refractivity (Wildman–Crippen MR) is 71.1 cm³/mol. The van der Waals surface area contributed by atoms with Crippen molar-refractivity contribution in [3.8, 4) is 6.07 Å². The van der Waals surface area contributed by atoms with Crippen LogP contribution in [-0.4, -0.2) is 18.4 Å². The van der Waals surface area contributed by atoms with E-state index in [1.807, 2.05) is 0 Å². The molecule has 0 bridgehead atoms. The molecular formula is C15H15NO3. The fourth-order valence-electron chi connectivity index (χ4n) is 1.52. The third-order valence-electron chi connectivity index (χ3n) is 2.50. The molecule has 0 aliphatic carbocycles. The molecule has 1 aromatic rings. The number of ketones is 1. The van der Waals surface area contributed by atoms with Crippen LogP contribution in [0.5, 0.6) is 0 Å². The van der Waals surface area contributed by atoms with Gasteiger partial charge in [0.05, 0.1) is 18.2 Å². The fourth-order valence-corrected chi connectivity index (χ4v) is 1.52. The highest BCUT2D eigenvalue weighted by Gasteiger charge is 2.12. The minimum absolute atomic E-state index is 0.256. The van der Waals surface area contributed by atoms with Crippen LogP contribution in [0.4, 0.5) is 0 Å². The summed E-state index contributed by atoms with van der Waals surface area (Å²) in [5, 5.41) is 8.95. The summed E-state index contributed by atoms with van der Waals surface area (Å²) < 4.78 is 4.72. The monoisotopic (exact) mass is 257 g/mol. The number of nitrogens with zero attached hydrogens (tertiary/aromatic N) is 1. The summed E-state index contributed by atoms with van der Waals surface area (Å²) in [6.45, 7) is 3.57. The van der Waals surface area contributed by atoms with Crippen molar-refractivity contribution in [2.75, 3.05) is 6.61 Å². The SMILES string of the molecule is CCOC(=O)CC(=O)C(C)=Cc1ccccc1C#N. The van der Waals surface area contributed by atoms with Gasteiger partial charge in [0.15, 0.2) is 5.78 Å². The molecule has 98 valence electrons. The lowest BCUT2D eigenvalue weighted by molar-refractivity contribution is -0.144. The maximum absolute atomic E-state index is 11.8. The Kier molecular flexibility index (Phi) is 5.49. The lowest BCUT2D eigenvalue weighted by Crippen LogP contribution is -2.11. The summed E-state index contributed by atoms with van der Waals surface area (Å²) in [7, 11) is 0. The van der Waals surface area contributed by atoms with E-state index in [9.17, 15) is 9.59 Å². The van der Waals surface area contributed by atoms with E-state index in [-0.39, 0.29) is 18.8 Å². The molecule has 0 aliphatic rings. The molecule has 4 nitrogen and oxygen atoms in total. The maximum atomic E-state index is 11.8. The Morgan fingerprint density at radius 3 is 2.68 bits per heavy atom. The molecule has 0 amide bonds. The number of ether oxygens (including phenoxy) is 1. The number of allylic oxidation sites excluding steroid dienone is 1. The van der Waals surface area contributed by atoms with Crippen molar-refractivity contribution in [3.63, 3.8) is 0 Å². The largest absolute Gasteiger partial charge is 0.466 e. The zero-order valence-electron chi connectivity index (χ0n) is 11.0. The standard InChI is InChI=1S/C15H15NO3/c1-3-19-15(18)9-14(17)11(2)8-12-6-4-5-7-13(12)10-16/h4-8H,3,9H2,1-2H3. The molecule has 0 fully saturated rings. The molecular weight excluding hydrogens is 242 g/mol. The predicted octanol–water partition coefficient (Wildman–Crippen LogP) is 2.48. The molecule has 1 rings (SSSR count). The van der Waals surface area contributed by atoms with Crippen molar-refractivity contribution >= 4 is 17.8 Å². The molecule has 0 radical (unpaired) electrons. The van der Waals surface area contributed by atoms with Crippen LogP contribution in [0.1, 0.15) is 31.4 Å². The van der Waals surface area contributed by atoms with Crippen LogP contribution in [0.2, 0.25) is 0 Å². The van der Waals surface area contributed by atoms with Crippen LogP contribution in [0.15, 0.2) is 29.8 Å². The van der Waals surface area contributed by atoms with Crippen LogP contribution >= 0.6 is 0 Å². The van der Waals surface area contributed by atoms with Crippen LogP contribution in [0.25, 0.3) is 6.08 Å². The van der Waals surface area contributed by atoms with Gasteiger partial charge in [-0.05, 0) is 37.1 Å². The topological polar surface area (TPSA) is 67.2 Å². The molecule has 4 heteroatoms. The van der Waals surface area contributed by atoms with E-state index in [2.05, 4.69) is 6.07 Å². The van der Waals surface area contributed by atoms with Gasteiger partial charge >= 0.3 is 5.97 Å². The number of carbonyl (C=O) groups is 2. The molecule has 0 saturated carbocycles. The average molecular weight is 257 g/mol. The molecule has 0 saturated heterocycles. The smallest absolute Gasteiger partial charge is 0.313 e. The second-order valence-corrected chi connectivity index (χ2v) is 3.93. The van der Waals surface area contributed by atoms with Gasteiger partial charge in [-0.15, -0.1) is 0 Å². The minimum atomic E-state index is -0.534. The normalized spacial score (nSPS) is 10.7. The first kappa shape index (κ1) is 14.7. The van der Waals surface area contributed by atoms with Crippen LogP contribution < -0.4 is 0 Å². The molecule has 0 heterocycles. The molecule has 0 aliphatic heterocycles. The van der Waals surface area contributed by atoms with Gasteiger partial charge in [0.25, 0.3) is 0 Å². The Morgan fingerprint density at radius 2 is 2.05 bits per heavy atom. The highest BCUT2D eigenvalue weighted by molar-refractivity contribution is 6.07. The molecule has 0 spiro atoms. The van der Waals surface area contributed by atoms with Gasteiger partial charge in [-0.3, -0.25) is 9.59 Å². The summed E-state index contributed by atoms with van der Waals surface area (Å²) in [6.07, 6.45) is 1.34. The second-order valence-electron chi connectivity index (χ2n) is 3.93. The molecule has 1 aromatic carbocycles. The van der Waals surface area contributed by atoms with E-state index < -0.39 is 5.97 Å². The number of hydrogen-bond acceptors (Lipinski definition) is 4. The van der Waals surface area contributed by atoms with E-state index in [0.717, 1.165) is 0 Å². The lowest BCUT2D eigenvalue weighted by atomic mass is 10.0. The van der Waals surface area contributed by atoms with Gasteiger partial charge in [-0.2, -0.15) is 5.26 Å². The average Bonchev–Trinajstić information content (AvgIpc) is 2.39. The molecule has 0 N–H and O–H groups in total. The Balaban J connectivity index is 2.85. The van der Waals surface area contributed by atoms with Gasteiger partial charge in [0, 0.05) is 0 Å². The highest BCUT2D eigenvalue weighted by atomic mass is 16.5. The maximum Gasteiger partial charge on any atom is 0.313 e. The summed E-state index contributed by atoms with van der Waals surface area (Å²) in [5.41, 5.74) is 1.58. The lowest BCUT2D eigenvalue weighted by Gasteiger charge is -2.03. The fraction of sp³-hybridized carbons (Fsp3) is 0.267. The Labute approximate surface area is 112 Å². The van der Waals surface area contributed by atoms with Crippen molar-refractivity contribution in [1.82, 2.24) is 0 Å². The first-order valence-corrected chi connectivity index (χ1v) is 5.94. The van der Waals surface area contributed by atoms with Crippen molar-refractivity contribution in [1.29, 1.82) is 5.26 Å². The van der Waals surface area contributed by atoms with Crippen molar-refractivity contribution in [2.24, 2.45) is 0 Å². The number of esters is 1. The number of carbonyl (C=O) groups excluding carboxylic acids is 2. The first-order chi connectivity index (χ1) is 9.08. The molecule has 0 aromatic heterocycles. The Hall–Kier alpha value is -2.41. The number of Topliss-reactive ketones (excluding diaryl/α,β-unsaturated/α-hetero) is 1. The minimum Gasteiger partial charge on any atom is -0.466 e. The van der Waals surface area contributed by atoms with E-state index in [1.54, 1.807) is 44.2 Å². The van der Waals surface area contributed by atoms with Gasteiger partial charge in [-0.25, -0.2) is 0 Å². The summed E-state index contributed by atoms with van der Waals surface area (Å²) in [5.74, 6) is -0.833. The van der Waals surface area contributed by atoms with Gasteiger partial charge in [0.1, 0.15) is 6.42 Å². The number of benzene rings is 1. The van der Waals surface area contributed by atoms with E-state index in [4.69, 9.17) is 10.00 Å². The first-order valence-electron chi connectivity index (χ1n) is 5.94. The van der Waals surface area contributed by atoms with E-state index in [0.29, 0.717) is 16.7 Å². The van der Waals surface area contributed by atoms with Gasteiger partial charge in [0.2, 0.25) is 0 Å². The van der Waals surface area contributed by atoms with Crippen LogP contribution in [0, 0.1) is 11.3 Å². The van der Waals surface area contributed by atoms with Gasteiger partial charge in [-0.1, -0.05) is 18.2 Å². The third kappa shape index (κ3) is 4.40. The summed E-state index contributed by atoms with van der Waals surface area (Å²) in [4.78, 5) is 23.0. The Bertz CT molecular complexity index is 553. The Morgan fingerprint density at radius 1 is 1.37 bits per heavy atom. The molecule has 0 unspecified atom stereocenters.